The van der Waals surface area contributed by atoms with Crippen LogP contribution in [0.4, 0.5) is 19.0 Å². The largest absolute Gasteiger partial charge is 0.204 e. The lowest BCUT2D eigenvalue weighted by molar-refractivity contribution is 0.231. The second-order valence-electron chi connectivity index (χ2n) is 1.83. The molecule has 0 aliphatic carbocycles. The molecule has 0 atom stereocenters. The fourth-order valence-corrected chi connectivity index (χ4v) is 0.951. The molecule has 0 saturated heterocycles. The van der Waals surface area contributed by atoms with Crippen molar-refractivity contribution in [2.24, 2.45) is 0 Å². The molecule has 0 aromatic heterocycles. The molecule has 11 heavy (non-hydrogen) atoms. The third-order valence-corrected chi connectivity index (χ3v) is 1.59. The molecule has 0 fully saturated rings. The zero-order chi connectivity index (χ0) is 8.43. The van der Waals surface area contributed by atoms with E-state index in [-0.39, 0.29) is 0 Å². The molecule has 0 aliphatic rings. The van der Waals surface area contributed by atoms with Crippen LogP contribution in [0.2, 0.25) is 0 Å². The van der Waals surface area contributed by atoms with Gasteiger partial charge in [0.15, 0.2) is 5.82 Å². The van der Waals surface area contributed by atoms with Gasteiger partial charge < -0.3 is 0 Å². The van der Waals surface area contributed by atoms with Crippen molar-refractivity contribution >= 4 is 21.6 Å². The molecule has 0 bridgehead atoms. The highest BCUT2D eigenvalue weighted by Gasteiger charge is 2.09. The Balaban J connectivity index is 3.09. The molecule has 0 radical (unpaired) electrons. The normalized spacial score (nSPS) is 9.82. The van der Waals surface area contributed by atoms with Crippen LogP contribution in [0.5, 0.6) is 0 Å². The number of halogens is 4. The molecule has 1 nitrogen and oxygen atoms in total. The van der Waals surface area contributed by atoms with Crippen molar-refractivity contribution in [3.05, 3.63) is 28.5 Å². The van der Waals surface area contributed by atoms with Crippen LogP contribution in [0, 0.1) is 5.82 Å². The van der Waals surface area contributed by atoms with E-state index in [1.54, 1.807) is 0 Å². The Bertz CT molecular complexity index is 264. The van der Waals surface area contributed by atoms with Crippen molar-refractivity contribution in [2.45, 2.75) is 0 Å². The smallest absolute Gasteiger partial charge is 0.153 e. The molecule has 0 saturated carbocycles. The van der Waals surface area contributed by atoms with E-state index >= 15 is 0 Å². The van der Waals surface area contributed by atoms with E-state index < -0.39 is 16.8 Å². The minimum Gasteiger partial charge on any atom is -0.204 e. The van der Waals surface area contributed by atoms with Crippen LogP contribution in [0.25, 0.3) is 0 Å². The first-order chi connectivity index (χ1) is 5.11. The zero-order valence-electron chi connectivity index (χ0n) is 5.19. The van der Waals surface area contributed by atoms with E-state index in [9.17, 15) is 13.4 Å². The highest BCUT2D eigenvalue weighted by atomic mass is 79.9. The monoisotopic (exact) mass is 225 g/mol. The van der Waals surface area contributed by atoms with Crippen molar-refractivity contribution in [1.82, 2.24) is 0 Å². The molecule has 0 heterocycles. The van der Waals surface area contributed by atoms with Gasteiger partial charge in [-0.3, -0.25) is 0 Å². The number of hydrogen-bond donors (Lipinski definition) is 0. The summed E-state index contributed by atoms with van der Waals surface area (Å²) in [6, 6.07) is 3.30. The second kappa shape index (κ2) is 3.13. The van der Waals surface area contributed by atoms with Gasteiger partial charge in [-0.15, -0.1) is 0 Å². The first-order valence-electron chi connectivity index (χ1n) is 2.68. The maximum atomic E-state index is 12.5. The molecule has 5 heteroatoms. The third-order valence-electron chi connectivity index (χ3n) is 1.09. The summed E-state index contributed by atoms with van der Waals surface area (Å²) in [7, 11) is 0. The van der Waals surface area contributed by atoms with Gasteiger partial charge in [-0.1, -0.05) is 24.9 Å². The van der Waals surface area contributed by atoms with E-state index in [2.05, 4.69) is 15.9 Å². The van der Waals surface area contributed by atoms with Crippen LogP contribution in [-0.2, 0) is 0 Å². The van der Waals surface area contributed by atoms with Crippen LogP contribution in [0.3, 0.4) is 0 Å². The summed E-state index contributed by atoms with van der Waals surface area (Å²) in [4.78, 5) is 0. The SMILES string of the molecule is Fc1cc(Br)ccc1N(F)F. The first kappa shape index (κ1) is 8.39. The number of rotatable bonds is 1. The van der Waals surface area contributed by atoms with E-state index in [0.717, 1.165) is 12.1 Å². The molecule has 0 amide bonds. The minimum absolute atomic E-state index is 0.431. The fraction of sp³-hybridized carbons (Fsp3) is 0. The molecular weight excluding hydrogens is 223 g/mol. The van der Waals surface area contributed by atoms with Crippen molar-refractivity contribution in [1.29, 1.82) is 0 Å². The van der Waals surface area contributed by atoms with Crippen molar-refractivity contribution in [2.75, 3.05) is 5.34 Å². The lowest BCUT2D eigenvalue weighted by atomic mass is 10.3. The lowest BCUT2D eigenvalue weighted by Gasteiger charge is -2.02. The Morgan fingerprint density at radius 1 is 1.27 bits per heavy atom. The zero-order valence-corrected chi connectivity index (χ0v) is 6.78. The van der Waals surface area contributed by atoms with Crippen LogP contribution in [-0.4, -0.2) is 0 Å². The van der Waals surface area contributed by atoms with E-state index in [1.165, 1.54) is 6.07 Å². The molecule has 1 rings (SSSR count). The summed E-state index contributed by atoms with van der Waals surface area (Å²) in [6.45, 7) is 0. The molecule has 1 aromatic carbocycles. The predicted molar refractivity (Wildman–Crippen MR) is 38.8 cm³/mol. The highest BCUT2D eigenvalue weighted by molar-refractivity contribution is 9.10. The van der Waals surface area contributed by atoms with Gasteiger partial charge in [-0.2, -0.15) is 0 Å². The topological polar surface area (TPSA) is 3.24 Å². The molecule has 1 aromatic rings. The maximum absolute atomic E-state index is 12.5. The van der Waals surface area contributed by atoms with Crippen molar-refractivity contribution in [3.63, 3.8) is 0 Å². The molecule has 60 valence electrons. The Hall–Kier alpha value is -0.710. The standard InChI is InChI=1S/C6H3BrF3N/c7-4-1-2-6(11(9)10)5(8)3-4/h1-3H. The van der Waals surface area contributed by atoms with E-state index in [4.69, 9.17) is 0 Å². The summed E-state index contributed by atoms with van der Waals surface area (Å²) in [5.74, 6) is -0.954. The number of benzene rings is 1. The van der Waals surface area contributed by atoms with Crippen molar-refractivity contribution < 1.29 is 13.4 Å². The Kier molecular flexibility index (Phi) is 2.38. The molecule has 0 unspecified atom stereocenters. The van der Waals surface area contributed by atoms with E-state index in [1.807, 2.05) is 0 Å². The quantitative estimate of drug-likeness (QED) is 0.664. The Morgan fingerprint density at radius 2 is 1.91 bits per heavy atom. The summed E-state index contributed by atoms with van der Waals surface area (Å²) in [5, 5.41) is -1.26. The molecule has 0 N–H and O–H groups in total. The minimum atomic E-state index is -1.26. The van der Waals surface area contributed by atoms with Gasteiger partial charge in [0.25, 0.3) is 0 Å². The number of anilines is 1. The third kappa shape index (κ3) is 1.86. The summed E-state index contributed by atoms with van der Waals surface area (Å²) in [6.07, 6.45) is 0. The van der Waals surface area contributed by atoms with Gasteiger partial charge in [0.2, 0.25) is 0 Å². The van der Waals surface area contributed by atoms with E-state index in [0.29, 0.717) is 4.47 Å². The number of nitrogens with zero attached hydrogens (tertiary/aromatic N) is 1. The summed E-state index contributed by atoms with van der Waals surface area (Å²) < 4.78 is 36.5. The van der Waals surface area contributed by atoms with Crippen molar-refractivity contribution in [3.8, 4) is 0 Å². The summed E-state index contributed by atoms with van der Waals surface area (Å²) >= 11 is 2.94. The predicted octanol–water partition coefficient (Wildman–Crippen LogP) is 3.16. The fourth-order valence-electron chi connectivity index (χ4n) is 0.618. The van der Waals surface area contributed by atoms with Crippen LogP contribution < -0.4 is 5.34 Å². The average Bonchev–Trinajstić information content (AvgIpc) is 1.85. The first-order valence-corrected chi connectivity index (χ1v) is 3.47. The van der Waals surface area contributed by atoms with Gasteiger partial charge in [0.05, 0.1) is 0 Å². The highest BCUT2D eigenvalue weighted by Crippen LogP contribution is 2.23. The van der Waals surface area contributed by atoms with Crippen LogP contribution >= 0.6 is 15.9 Å². The van der Waals surface area contributed by atoms with Gasteiger partial charge in [0, 0.05) is 4.47 Å². The maximum Gasteiger partial charge on any atom is 0.153 e. The van der Waals surface area contributed by atoms with Gasteiger partial charge >= 0.3 is 0 Å². The van der Waals surface area contributed by atoms with Gasteiger partial charge in [0.1, 0.15) is 5.69 Å². The molecular formula is C6H3BrF3N. The van der Waals surface area contributed by atoms with Crippen LogP contribution in [0.15, 0.2) is 22.7 Å². The van der Waals surface area contributed by atoms with Gasteiger partial charge in [-0.25, -0.2) is 4.39 Å². The van der Waals surface area contributed by atoms with Gasteiger partial charge in [-0.05, 0) is 23.5 Å². The average molecular weight is 226 g/mol. The lowest BCUT2D eigenvalue weighted by Crippen LogP contribution is -1.98. The molecule has 0 spiro atoms. The Morgan fingerprint density at radius 3 is 2.36 bits per heavy atom. The second-order valence-corrected chi connectivity index (χ2v) is 2.74. The Labute approximate surface area is 69.4 Å². The van der Waals surface area contributed by atoms with Crippen LogP contribution in [0.1, 0.15) is 0 Å². The number of hydrogen-bond acceptors (Lipinski definition) is 1. The summed E-state index contributed by atoms with van der Waals surface area (Å²) in [5.41, 5.74) is -0.729. The molecule has 0 aliphatic heterocycles.